The van der Waals surface area contributed by atoms with Gasteiger partial charge in [0.25, 0.3) is 0 Å². The van der Waals surface area contributed by atoms with Crippen LogP contribution in [-0.2, 0) is 9.47 Å². The van der Waals surface area contributed by atoms with E-state index in [1.165, 1.54) is 12.1 Å². The van der Waals surface area contributed by atoms with E-state index < -0.39 is 0 Å². The average molecular weight is 336 g/mol. The summed E-state index contributed by atoms with van der Waals surface area (Å²) in [4.78, 5) is 14.6. The highest BCUT2D eigenvalue weighted by atomic mass is 19.1. The fourth-order valence-electron chi connectivity index (χ4n) is 3.81. The molecule has 0 spiro atoms. The van der Waals surface area contributed by atoms with Gasteiger partial charge in [-0.3, -0.25) is 0 Å². The first-order chi connectivity index (χ1) is 11.6. The number of morpholine rings is 1. The van der Waals surface area contributed by atoms with Crippen molar-refractivity contribution in [1.29, 1.82) is 0 Å². The van der Waals surface area contributed by atoms with E-state index in [1.54, 1.807) is 19.2 Å². The molecule has 1 aliphatic heterocycles. The molecule has 1 heterocycles. The number of amides is 2. The molecular weight excluding hydrogens is 311 g/mol. The van der Waals surface area contributed by atoms with Crippen LogP contribution < -0.4 is 5.32 Å². The molecule has 0 bridgehead atoms. The molecule has 132 valence electrons. The minimum Gasteiger partial charge on any atom is -0.375 e. The van der Waals surface area contributed by atoms with Gasteiger partial charge in [-0.1, -0.05) is 12.1 Å². The number of nitrogens with one attached hydrogen (secondary N) is 1. The van der Waals surface area contributed by atoms with Crippen molar-refractivity contribution in [3.63, 3.8) is 0 Å². The predicted molar refractivity (Wildman–Crippen MR) is 88.2 cm³/mol. The summed E-state index contributed by atoms with van der Waals surface area (Å²) in [5.74, 6) is -0.286. The van der Waals surface area contributed by atoms with Gasteiger partial charge >= 0.3 is 6.03 Å². The fourth-order valence-corrected chi connectivity index (χ4v) is 3.81. The first-order valence-electron chi connectivity index (χ1n) is 8.57. The number of nitrogens with zero attached hydrogens (tertiary/aromatic N) is 1. The molecule has 2 amide bonds. The molecule has 0 aromatic heterocycles. The Morgan fingerprint density at radius 3 is 2.83 bits per heavy atom. The van der Waals surface area contributed by atoms with Crippen LogP contribution in [0.3, 0.4) is 0 Å². The maximum absolute atomic E-state index is 13.1. The van der Waals surface area contributed by atoms with Gasteiger partial charge in [-0.2, -0.15) is 0 Å². The van der Waals surface area contributed by atoms with Crippen molar-refractivity contribution in [3.05, 3.63) is 35.6 Å². The number of halogens is 1. The highest BCUT2D eigenvalue weighted by Crippen LogP contribution is 2.30. The number of benzene rings is 1. The zero-order valence-corrected chi connectivity index (χ0v) is 14.2. The lowest BCUT2D eigenvalue weighted by Crippen LogP contribution is -2.56. The van der Waals surface area contributed by atoms with Crippen molar-refractivity contribution in [3.8, 4) is 0 Å². The summed E-state index contributed by atoms with van der Waals surface area (Å²) in [5.41, 5.74) is 0.840. The lowest BCUT2D eigenvalue weighted by molar-refractivity contribution is -0.0394. The normalized spacial score (nSPS) is 25.9. The molecule has 1 saturated heterocycles. The molecule has 24 heavy (non-hydrogen) atoms. The number of methoxy groups -OCH3 is 1. The standard InChI is InChI=1S/C18H25FN2O3/c1-12(17(23-2)13-6-8-14(19)9-7-13)20-18(22)21-10-11-24-16-5-3-4-15(16)21/h6-9,12,15-17H,3-5,10-11H2,1-2H3,(H,20,22)/t12-,15-,16+,17+/m1/s1. The molecule has 3 rings (SSSR count). The Labute approximate surface area is 142 Å². The van der Waals surface area contributed by atoms with Crippen molar-refractivity contribution in [1.82, 2.24) is 10.2 Å². The predicted octanol–water partition coefficient (Wildman–Crippen LogP) is 2.86. The lowest BCUT2D eigenvalue weighted by Gasteiger charge is -2.38. The van der Waals surface area contributed by atoms with Crippen LogP contribution in [0.5, 0.6) is 0 Å². The second-order valence-corrected chi connectivity index (χ2v) is 6.55. The number of ether oxygens (including phenoxy) is 2. The van der Waals surface area contributed by atoms with Crippen LogP contribution >= 0.6 is 0 Å². The first kappa shape index (κ1) is 17.2. The molecule has 2 aliphatic rings. The SMILES string of the molecule is CO[C@H](c1ccc(F)cc1)[C@@H](C)NC(=O)N1CCO[C@H]2CCC[C@H]21. The van der Waals surface area contributed by atoms with Crippen LogP contribution in [0.25, 0.3) is 0 Å². The van der Waals surface area contributed by atoms with Crippen molar-refractivity contribution in [2.45, 2.75) is 50.5 Å². The molecule has 2 fully saturated rings. The van der Waals surface area contributed by atoms with Crippen LogP contribution in [0.2, 0.25) is 0 Å². The average Bonchev–Trinajstić information content (AvgIpc) is 3.05. The van der Waals surface area contributed by atoms with Gasteiger partial charge in [0.05, 0.1) is 24.8 Å². The minimum atomic E-state index is -0.324. The van der Waals surface area contributed by atoms with E-state index in [-0.39, 0.29) is 36.1 Å². The Hall–Kier alpha value is -1.66. The van der Waals surface area contributed by atoms with Crippen LogP contribution in [-0.4, -0.2) is 49.4 Å². The summed E-state index contributed by atoms with van der Waals surface area (Å²) in [7, 11) is 1.60. The summed E-state index contributed by atoms with van der Waals surface area (Å²) in [5, 5.41) is 3.04. The third-order valence-corrected chi connectivity index (χ3v) is 5.00. The number of urea groups is 1. The van der Waals surface area contributed by atoms with Crippen LogP contribution in [0, 0.1) is 5.82 Å². The number of hydrogen-bond donors (Lipinski definition) is 1. The fraction of sp³-hybridized carbons (Fsp3) is 0.611. The van der Waals surface area contributed by atoms with E-state index in [2.05, 4.69) is 5.32 Å². The highest BCUT2D eigenvalue weighted by Gasteiger charge is 2.39. The van der Waals surface area contributed by atoms with E-state index in [1.807, 2.05) is 11.8 Å². The second-order valence-electron chi connectivity index (χ2n) is 6.55. The van der Waals surface area contributed by atoms with Gasteiger partial charge in [0.2, 0.25) is 0 Å². The molecule has 4 atom stereocenters. The summed E-state index contributed by atoms with van der Waals surface area (Å²) in [6.45, 7) is 3.12. The Kier molecular flexibility index (Phi) is 5.36. The summed E-state index contributed by atoms with van der Waals surface area (Å²) >= 11 is 0. The number of carbonyl (C=O) groups is 1. The maximum atomic E-state index is 13.1. The third kappa shape index (κ3) is 3.54. The minimum absolute atomic E-state index is 0.0770. The molecular formula is C18H25FN2O3. The van der Waals surface area contributed by atoms with Crippen LogP contribution in [0.15, 0.2) is 24.3 Å². The van der Waals surface area contributed by atoms with Crippen molar-refractivity contribution in [2.24, 2.45) is 0 Å². The third-order valence-electron chi connectivity index (χ3n) is 5.00. The van der Waals surface area contributed by atoms with E-state index in [9.17, 15) is 9.18 Å². The Morgan fingerprint density at radius 1 is 1.38 bits per heavy atom. The Morgan fingerprint density at radius 2 is 2.12 bits per heavy atom. The van der Waals surface area contributed by atoms with E-state index in [0.29, 0.717) is 13.2 Å². The molecule has 1 aliphatic carbocycles. The largest absolute Gasteiger partial charge is 0.375 e. The van der Waals surface area contributed by atoms with Crippen molar-refractivity contribution in [2.75, 3.05) is 20.3 Å². The Bertz CT molecular complexity index is 566. The summed E-state index contributed by atoms with van der Waals surface area (Å²) < 4.78 is 24.4. The molecule has 6 heteroatoms. The number of rotatable bonds is 4. The second kappa shape index (κ2) is 7.49. The molecule has 5 nitrogen and oxygen atoms in total. The smallest absolute Gasteiger partial charge is 0.318 e. The number of hydrogen-bond acceptors (Lipinski definition) is 3. The molecule has 1 aromatic carbocycles. The monoisotopic (exact) mass is 336 g/mol. The van der Waals surface area contributed by atoms with E-state index in [0.717, 1.165) is 24.8 Å². The van der Waals surface area contributed by atoms with E-state index >= 15 is 0 Å². The van der Waals surface area contributed by atoms with Gasteiger partial charge < -0.3 is 19.7 Å². The van der Waals surface area contributed by atoms with Crippen LogP contribution in [0.1, 0.15) is 37.9 Å². The van der Waals surface area contributed by atoms with Crippen LogP contribution in [0.4, 0.5) is 9.18 Å². The molecule has 0 unspecified atom stereocenters. The quantitative estimate of drug-likeness (QED) is 0.920. The van der Waals surface area contributed by atoms with Gasteiger partial charge in [-0.15, -0.1) is 0 Å². The zero-order chi connectivity index (χ0) is 17.1. The topological polar surface area (TPSA) is 50.8 Å². The summed E-state index contributed by atoms with van der Waals surface area (Å²) in [6.07, 6.45) is 2.98. The van der Waals surface area contributed by atoms with Gasteiger partial charge in [0.1, 0.15) is 11.9 Å². The number of carbonyl (C=O) groups excluding carboxylic acids is 1. The molecule has 1 aromatic rings. The Balaban J connectivity index is 1.65. The van der Waals surface area contributed by atoms with Gasteiger partial charge in [-0.05, 0) is 43.9 Å². The van der Waals surface area contributed by atoms with E-state index in [4.69, 9.17) is 9.47 Å². The lowest BCUT2D eigenvalue weighted by atomic mass is 10.0. The first-order valence-corrected chi connectivity index (χ1v) is 8.57. The molecule has 0 radical (unpaired) electrons. The van der Waals surface area contributed by atoms with Crippen molar-refractivity contribution >= 4 is 6.03 Å². The zero-order valence-electron chi connectivity index (χ0n) is 14.2. The van der Waals surface area contributed by atoms with Crippen molar-refractivity contribution < 1.29 is 18.7 Å². The maximum Gasteiger partial charge on any atom is 0.318 e. The number of fused-ring (bicyclic) bond motifs is 1. The molecule has 1 saturated carbocycles. The van der Waals surface area contributed by atoms with Gasteiger partial charge in [-0.25, -0.2) is 9.18 Å². The van der Waals surface area contributed by atoms with Gasteiger partial charge in [0, 0.05) is 13.7 Å². The highest BCUT2D eigenvalue weighted by molar-refractivity contribution is 5.75. The summed E-state index contributed by atoms with van der Waals surface area (Å²) in [6, 6.07) is 6.06. The molecule has 1 N–H and O–H groups in total. The van der Waals surface area contributed by atoms with Gasteiger partial charge in [0.15, 0.2) is 0 Å².